The molecule has 6 nitrogen and oxygen atoms in total. The molecule has 0 aliphatic carbocycles. The molecule has 4 aromatic rings. The van der Waals surface area contributed by atoms with E-state index in [0.29, 0.717) is 18.8 Å². The first-order valence-corrected chi connectivity index (χ1v) is 9.84. The van der Waals surface area contributed by atoms with Crippen LogP contribution in [0.5, 0.6) is 5.88 Å². The molecular formula is C23H24FN5O. The van der Waals surface area contributed by atoms with Gasteiger partial charge in [-0.3, -0.25) is 9.67 Å². The zero-order valence-electron chi connectivity index (χ0n) is 17.6. The van der Waals surface area contributed by atoms with Gasteiger partial charge < -0.3 is 4.74 Å². The van der Waals surface area contributed by atoms with Gasteiger partial charge in [0.25, 0.3) is 0 Å². The number of aromatic nitrogens is 5. The number of methoxy groups -OCH3 is 1. The van der Waals surface area contributed by atoms with Crippen LogP contribution in [0.3, 0.4) is 0 Å². The van der Waals surface area contributed by atoms with Gasteiger partial charge in [-0.1, -0.05) is 18.2 Å². The van der Waals surface area contributed by atoms with Gasteiger partial charge in [0.15, 0.2) is 0 Å². The van der Waals surface area contributed by atoms with Crippen molar-refractivity contribution in [3.05, 3.63) is 54.5 Å². The minimum Gasteiger partial charge on any atom is -0.480 e. The van der Waals surface area contributed by atoms with E-state index in [4.69, 9.17) is 9.72 Å². The molecule has 0 N–H and O–H groups in total. The molecule has 0 saturated heterocycles. The molecule has 0 aliphatic rings. The van der Waals surface area contributed by atoms with E-state index in [1.54, 1.807) is 31.8 Å². The van der Waals surface area contributed by atoms with Gasteiger partial charge in [-0.25, -0.2) is 4.39 Å². The molecule has 3 aromatic heterocycles. The number of halogens is 1. The molecule has 0 bridgehead atoms. The second kappa shape index (κ2) is 7.82. The number of rotatable bonds is 6. The lowest BCUT2D eigenvalue weighted by Crippen LogP contribution is -2.15. The third kappa shape index (κ3) is 4.30. The Hall–Kier alpha value is -3.35. The van der Waals surface area contributed by atoms with Crippen LogP contribution >= 0.6 is 0 Å². The summed E-state index contributed by atoms with van der Waals surface area (Å²) in [6.07, 6.45) is 4.14. The van der Waals surface area contributed by atoms with E-state index in [1.807, 2.05) is 49.5 Å². The molecule has 0 spiro atoms. The highest BCUT2D eigenvalue weighted by Crippen LogP contribution is 2.32. The van der Waals surface area contributed by atoms with Crippen LogP contribution in [0.2, 0.25) is 0 Å². The Labute approximate surface area is 174 Å². The highest BCUT2D eigenvalue weighted by molar-refractivity contribution is 5.88. The summed E-state index contributed by atoms with van der Waals surface area (Å²) in [5.41, 5.74) is 4.16. The molecular weight excluding hydrogens is 381 g/mol. The van der Waals surface area contributed by atoms with Crippen LogP contribution in [0.25, 0.3) is 33.3 Å². The summed E-state index contributed by atoms with van der Waals surface area (Å²) in [4.78, 5) is 4.78. The monoisotopic (exact) mass is 405 g/mol. The minimum atomic E-state index is -1.22. The summed E-state index contributed by atoms with van der Waals surface area (Å²) >= 11 is 0. The summed E-state index contributed by atoms with van der Waals surface area (Å²) in [7, 11) is 1.57. The first-order chi connectivity index (χ1) is 14.3. The molecule has 0 unspecified atom stereocenters. The predicted octanol–water partition coefficient (Wildman–Crippen LogP) is 5.01. The fourth-order valence-corrected chi connectivity index (χ4v) is 3.28. The number of alkyl halides is 1. The number of nitrogens with zero attached hydrogens (tertiary/aromatic N) is 5. The maximum absolute atomic E-state index is 13.8. The molecule has 0 aliphatic heterocycles. The molecule has 0 fully saturated rings. The summed E-state index contributed by atoms with van der Waals surface area (Å²) in [5, 5.41) is 13.7. The third-order valence-electron chi connectivity index (χ3n) is 4.96. The first kappa shape index (κ1) is 19.9. The van der Waals surface area contributed by atoms with E-state index >= 15 is 0 Å². The summed E-state index contributed by atoms with van der Waals surface area (Å²) < 4.78 is 20.8. The SMILES string of the molecule is COc1cc2ccc(-c3nc(C)ccc3-c3cnn(CCC(C)(C)F)c3)cc2nn1. The molecule has 0 saturated carbocycles. The Bertz CT molecular complexity index is 1200. The van der Waals surface area contributed by atoms with Crippen molar-refractivity contribution in [2.75, 3.05) is 7.11 Å². The van der Waals surface area contributed by atoms with E-state index in [-0.39, 0.29) is 0 Å². The van der Waals surface area contributed by atoms with Crippen molar-refractivity contribution in [3.8, 4) is 28.3 Å². The molecule has 4 rings (SSSR count). The molecule has 0 radical (unpaired) electrons. The van der Waals surface area contributed by atoms with Crippen LogP contribution in [-0.4, -0.2) is 37.7 Å². The average molecular weight is 405 g/mol. The zero-order chi connectivity index (χ0) is 21.3. The number of ether oxygens (including phenoxy) is 1. The first-order valence-electron chi connectivity index (χ1n) is 9.84. The highest BCUT2D eigenvalue weighted by atomic mass is 19.1. The number of benzene rings is 1. The van der Waals surface area contributed by atoms with Crippen molar-refractivity contribution >= 4 is 10.9 Å². The standard InChI is InChI=1S/C23H24FN5O/c1-15-5-8-19(18-13-25-29(14-18)10-9-23(2,3)24)22(26-15)17-7-6-16-12-21(30-4)28-27-20(16)11-17/h5-8,11-14H,9-10H2,1-4H3. The largest absolute Gasteiger partial charge is 0.480 e. The summed E-state index contributed by atoms with van der Waals surface area (Å²) in [6.45, 7) is 5.65. The van der Waals surface area contributed by atoms with Gasteiger partial charge in [-0.2, -0.15) is 5.10 Å². The van der Waals surface area contributed by atoms with E-state index in [9.17, 15) is 4.39 Å². The molecule has 3 heterocycles. The summed E-state index contributed by atoms with van der Waals surface area (Å²) in [5.74, 6) is 0.480. The van der Waals surface area contributed by atoms with Gasteiger partial charge >= 0.3 is 0 Å². The normalized spacial score (nSPS) is 11.8. The van der Waals surface area contributed by atoms with Crippen molar-refractivity contribution < 1.29 is 9.13 Å². The van der Waals surface area contributed by atoms with Gasteiger partial charge in [0, 0.05) is 53.0 Å². The van der Waals surface area contributed by atoms with E-state index in [2.05, 4.69) is 15.3 Å². The van der Waals surface area contributed by atoms with Crippen molar-refractivity contribution in [1.82, 2.24) is 25.0 Å². The topological polar surface area (TPSA) is 65.7 Å². The van der Waals surface area contributed by atoms with Gasteiger partial charge in [-0.15, -0.1) is 10.2 Å². The van der Waals surface area contributed by atoms with Crippen molar-refractivity contribution in [3.63, 3.8) is 0 Å². The Kier molecular flexibility index (Phi) is 5.20. The Morgan fingerprint density at radius 3 is 2.67 bits per heavy atom. The molecule has 7 heteroatoms. The molecule has 154 valence electrons. The van der Waals surface area contributed by atoms with Gasteiger partial charge in [0.2, 0.25) is 5.88 Å². The van der Waals surface area contributed by atoms with Crippen LogP contribution < -0.4 is 4.74 Å². The molecule has 1 aromatic carbocycles. The van der Waals surface area contributed by atoms with E-state index < -0.39 is 5.67 Å². The molecule has 0 amide bonds. The lowest BCUT2D eigenvalue weighted by molar-refractivity contribution is 0.190. The van der Waals surface area contributed by atoms with Gasteiger partial charge in [0.1, 0.15) is 5.67 Å². The fourth-order valence-electron chi connectivity index (χ4n) is 3.28. The number of hydrogen-bond acceptors (Lipinski definition) is 5. The smallest absolute Gasteiger partial charge is 0.233 e. The number of fused-ring (bicyclic) bond motifs is 1. The molecule has 30 heavy (non-hydrogen) atoms. The van der Waals surface area contributed by atoms with Crippen molar-refractivity contribution in [2.24, 2.45) is 0 Å². The van der Waals surface area contributed by atoms with Gasteiger partial charge in [0.05, 0.1) is 24.5 Å². The number of hydrogen-bond donors (Lipinski definition) is 0. The van der Waals surface area contributed by atoms with Crippen molar-refractivity contribution in [1.29, 1.82) is 0 Å². The Morgan fingerprint density at radius 2 is 1.90 bits per heavy atom. The maximum Gasteiger partial charge on any atom is 0.233 e. The number of aryl methyl sites for hydroxylation is 2. The highest BCUT2D eigenvalue weighted by Gasteiger charge is 2.17. The fraction of sp³-hybridized carbons (Fsp3) is 0.304. The van der Waals surface area contributed by atoms with Crippen LogP contribution in [0.1, 0.15) is 26.0 Å². The second-order valence-electron chi connectivity index (χ2n) is 7.97. The lowest BCUT2D eigenvalue weighted by atomic mass is 10.00. The van der Waals surface area contributed by atoms with Crippen molar-refractivity contribution in [2.45, 2.75) is 39.4 Å². The van der Waals surface area contributed by atoms with Crippen LogP contribution in [0.4, 0.5) is 4.39 Å². The molecule has 0 atom stereocenters. The van der Waals surface area contributed by atoms with E-state index in [0.717, 1.165) is 39.0 Å². The Morgan fingerprint density at radius 1 is 1.07 bits per heavy atom. The van der Waals surface area contributed by atoms with Crippen LogP contribution in [-0.2, 0) is 6.54 Å². The number of pyridine rings is 1. The predicted molar refractivity (Wildman–Crippen MR) is 115 cm³/mol. The maximum atomic E-state index is 13.8. The minimum absolute atomic E-state index is 0.403. The van der Waals surface area contributed by atoms with Gasteiger partial charge in [-0.05, 0) is 32.9 Å². The lowest BCUT2D eigenvalue weighted by Gasteiger charge is -2.13. The summed E-state index contributed by atoms with van der Waals surface area (Å²) in [6, 6.07) is 11.9. The van der Waals surface area contributed by atoms with Crippen LogP contribution in [0, 0.1) is 6.92 Å². The zero-order valence-corrected chi connectivity index (χ0v) is 17.6. The van der Waals surface area contributed by atoms with Crippen LogP contribution in [0.15, 0.2) is 48.8 Å². The second-order valence-corrected chi connectivity index (χ2v) is 7.97. The Balaban J connectivity index is 1.73. The average Bonchev–Trinajstić information content (AvgIpc) is 3.20. The quantitative estimate of drug-likeness (QED) is 0.451. The third-order valence-corrected chi connectivity index (χ3v) is 4.96. The van der Waals surface area contributed by atoms with E-state index in [1.165, 1.54) is 0 Å².